The summed E-state index contributed by atoms with van der Waals surface area (Å²) in [5.41, 5.74) is 0.896. The Morgan fingerprint density at radius 3 is 2.80 bits per heavy atom. The van der Waals surface area contributed by atoms with Crippen LogP contribution in [0.4, 0.5) is 15.8 Å². The highest BCUT2D eigenvalue weighted by Gasteiger charge is 2.29. The van der Waals surface area contributed by atoms with Gasteiger partial charge in [-0.3, -0.25) is 4.79 Å². The number of hydrogen-bond donors (Lipinski definition) is 2. The number of anilines is 2. The van der Waals surface area contributed by atoms with Gasteiger partial charge in [0.15, 0.2) is 0 Å². The molecule has 2 rings (SSSR count). The van der Waals surface area contributed by atoms with E-state index in [4.69, 9.17) is 0 Å². The first-order valence-electron chi connectivity index (χ1n) is 4.95. The average Bonchev–Trinajstić information content (AvgIpc) is 2.18. The zero-order valence-electron chi connectivity index (χ0n) is 8.67. The molecule has 80 valence electrons. The standard InChI is InChI=1S/C11H13FN2O/c1-6(2)9-11(15)14-10-7(12)4-3-5-8(10)13-9/h3-6,9,13H,1-2H3,(H,14,15). The van der Waals surface area contributed by atoms with Crippen LogP contribution in [0, 0.1) is 11.7 Å². The molecule has 0 spiro atoms. The maximum Gasteiger partial charge on any atom is 0.247 e. The van der Waals surface area contributed by atoms with Crippen LogP contribution in [-0.2, 0) is 4.79 Å². The Morgan fingerprint density at radius 1 is 1.40 bits per heavy atom. The van der Waals surface area contributed by atoms with Gasteiger partial charge in [0.25, 0.3) is 0 Å². The van der Waals surface area contributed by atoms with Gasteiger partial charge in [-0.2, -0.15) is 0 Å². The van der Waals surface area contributed by atoms with Gasteiger partial charge in [0.2, 0.25) is 5.91 Å². The summed E-state index contributed by atoms with van der Waals surface area (Å²) in [7, 11) is 0. The van der Waals surface area contributed by atoms with Crippen LogP contribution in [0.2, 0.25) is 0 Å². The second kappa shape index (κ2) is 3.53. The van der Waals surface area contributed by atoms with Gasteiger partial charge in [0.1, 0.15) is 17.5 Å². The molecule has 1 aromatic rings. The Hall–Kier alpha value is -1.58. The quantitative estimate of drug-likeness (QED) is 0.743. The van der Waals surface area contributed by atoms with E-state index < -0.39 is 5.82 Å². The van der Waals surface area contributed by atoms with E-state index >= 15 is 0 Å². The lowest BCUT2D eigenvalue weighted by molar-refractivity contribution is -0.117. The highest BCUT2D eigenvalue weighted by molar-refractivity contribution is 6.03. The third-order valence-electron chi connectivity index (χ3n) is 2.52. The minimum absolute atomic E-state index is 0.168. The van der Waals surface area contributed by atoms with Crippen molar-refractivity contribution in [1.82, 2.24) is 0 Å². The summed E-state index contributed by atoms with van der Waals surface area (Å²) in [6.45, 7) is 3.89. The zero-order chi connectivity index (χ0) is 11.0. The Morgan fingerprint density at radius 2 is 2.13 bits per heavy atom. The molecule has 1 unspecified atom stereocenters. The minimum atomic E-state index is -0.407. The van der Waals surface area contributed by atoms with Crippen LogP contribution in [0.3, 0.4) is 0 Å². The number of fused-ring (bicyclic) bond motifs is 1. The van der Waals surface area contributed by atoms with Crippen molar-refractivity contribution in [1.29, 1.82) is 0 Å². The molecule has 15 heavy (non-hydrogen) atoms. The third kappa shape index (κ3) is 1.67. The molecule has 3 nitrogen and oxygen atoms in total. The van der Waals surface area contributed by atoms with E-state index in [0.717, 1.165) is 0 Å². The maximum absolute atomic E-state index is 13.3. The molecule has 0 fully saturated rings. The molecule has 0 radical (unpaired) electrons. The average molecular weight is 208 g/mol. The van der Waals surface area contributed by atoms with Gasteiger partial charge in [0, 0.05) is 0 Å². The van der Waals surface area contributed by atoms with Gasteiger partial charge in [-0.25, -0.2) is 4.39 Å². The molecule has 1 heterocycles. The van der Waals surface area contributed by atoms with Gasteiger partial charge in [-0.05, 0) is 18.1 Å². The minimum Gasteiger partial charge on any atom is -0.372 e. The molecular formula is C11H13FN2O. The maximum atomic E-state index is 13.3. The predicted octanol–water partition coefficient (Wildman–Crippen LogP) is 2.21. The molecule has 4 heteroatoms. The predicted molar refractivity (Wildman–Crippen MR) is 57.3 cm³/mol. The van der Waals surface area contributed by atoms with Crippen molar-refractivity contribution in [3.8, 4) is 0 Å². The molecule has 0 saturated heterocycles. The molecular weight excluding hydrogens is 195 g/mol. The normalized spacial score (nSPS) is 19.5. The number of hydrogen-bond acceptors (Lipinski definition) is 2. The number of amides is 1. The molecule has 1 aromatic carbocycles. The Kier molecular flexibility index (Phi) is 2.34. The Labute approximate surface area is 87.7 Å². The summed E-state index contributed by atoms with van der Waals surface area (Å²) in [6, 6.07) is 4.42. The zero-order valence-corrected chi connectivity index (χ0v) is 8.67. The topological polar surface area (TPSA) is 41.1 Å². The van der Waals surface area contributed by atoms with E-state index in [0.29, 0.717) is 5.69 Å². The van der Waals surface area contributed by atoms with Gasteiger partial charge in [-0.1, -0.05) is 19.9 Å². The van der Waals surface area contributed by atoms with Crippen molar-refractivity contribution in [2.45, 2.75) is 19.9 Å². The number of para-hydroxylation sites is 1. The highest BCUT2D eigenvalue weighted by Crippen LogP contribution is 2.30. The van der Waals surface area contributed by atoms with Crippen LogP contribution >= 0.6 is 0 Å². The van der Waals surface area contributed by atoms with Crippen molar-refractivity contribution in [2.75, 3.05) is 10.6 Å². The van der Waals surface area contributed by atoms with Crippen molar-refractivity contribution >= 4 is 17.3 Å². The molecule has 1 aliphatic heterocycles. The second-order valence-electron chi connectivity index (χ2n) is 4.02. The monoisotopic (exact) mass is 208 g/mol. The molecule has 0 saturated carbocycles. The van der Waals surface area contributed by atoms with Gasteiger partial charge >= 0.3 is 0 Å². The molecule has 1 aliphatic rings. The first kappa shape index (κ1) is 9.96. The van der Waals surface area contributed by atoms with E-state index in [1.807, 2.05) is 13.8 Å². The van der Waals surface area contributed by atoms with Crippen molar-refractivity contribution < 1.29 is 9.18 Å². The van der Waals surface area contributed by atoms with Crippen molar-refractivity contribution in [3.05, 3.63) is 24.0 Å². The fourth-order valence-electron chi connectivity index (χ4n) is 1.67. The van der Waals surface area contributed by atoms with Gasteiger partial charge in [-0.15, -0.1) is 0 Å². The lowest BCUT2D eigenvalue weighted by atomic mass is 10.0. The SMILES string of the molecule is CC(C)C1Nc2cccc(F)c2NC1=O. The number of carbonyl (C=O) groups excluding carboxylic acids is 1. The molecule has 2 N–H and O–H groups in total. The molecule has 0 aliphatic carbocycles. The van der Waals surface area contributed by atoms with Gasteiger partial charge < -0.3 is 10.6 Å². The first-order chi connectivity index (χ1) is 7.09. The number of rotatable bonds is 1. The smallest absolute Gasteiger partial charge is 0.247 e. The number of nitrogens with one attached hydrogen (secondary N) is 2. The molecule has 0 aromatic heterocycles. The van der Waals surface area contributed by atoms with E-state index in [-0.39, 0.29) is 23.6 Å². The molecule has 1 amide bonds. The van der Waals surface area contributed by atoms with Crippen LogP contribution in [0.15, 0.2) is 18.2 Å². The fourth-order valence-corrected chi connectivity index (χ4v) is 1.67. The number of benzene rings is 1. The summed E-state index contributed by atoms with van der Waals surface area (Å²) in [4.78, 5) is 11.6. The highest BCUT2D eigenvalue weighted by atomic mass is 19.1. The van der Waals surface area contributed by atoms with Gasteiger partial charge in [0.05, 0.1) is 5.69 Å². The van der Waals surface area contributed by atoms with E-state index in [9.17, 15) is 9.18 Å². The summed E-state index contributed by atoms with van der Waals surface area (Å²) in [6.07, 6.45) is 0. The lowest BCUT2D eigenvalue weighted by Crippen LogP contribution is -2.42. The lowest BCUT2D eigenvalue weighted by Gasteiger charge is -2.29. The summed E-state index contributed by atoms with van der Waals surface area (Å²) >= 11 is 0. The third-order valence-corrected chi connectivity index (χ3v) is 2.52. The van der Waals surface area contributed by atoms with Crippen molar-refractivity contribution in [3.63, 3.8) is 0 Å². The van der Waals surface area contributed by atoms with Crippen LogP contribution in [-0.4, -0.2) is 11.9 Å². The van der Waals surface area contributed by atoms with Crippen LogP contribution in [0.5, 0.6) is 0 Å². The van der Waals surface area contributed by atoms with E-state index in [2.05, 4.69) is 10.6 Å². The Bertz CT molecular complexity index is 404. The largest absolute Gasteiger partial charge is 0.372 e. The molecule has 1 atom stereocenters. The van der Waals surface area contributed by atoms with E-state index in [1.54, 1.807) is 12.1 Å². The number of halogens is 1. The van der Waals surface area contributed by atoms with E-state index in [1.165, 1.54) is 6.07 Å². The number of carbonyl (C=O) groups is 1. The summed E-state index contributed by atoms with van der Waals surface area (Å²) in [5.74, 6) is -0.417. The Balaban J connectivity index is 2.38. The second-order valence-corrected chi connectivity index (χ2v) is 4.02. The van der Waals surface area contributed by atoms with Crippen LogP contribution in [0.25, 0.3) is 0 Å². The summed E-state index contributed by atoms with van der Waals surface area (Å²) < 4.78 is 13.3. The van der Waals surface area contributed by atoms with Crippen LogP contribution < -0.4 is 10.6 Å². The summed E-state index contributed by atoms with van der Waals surface area (Å²) in [5, 5.41) is 5.62. The van der Waals surface area contributed by atoms with Crippen molar-refractivity contribution in [2.24, 2.45) is 5.92 Å². The first-order valence-corrected chi connectivity index (χ1v) is 4.95. The van der Waals surface area contributed by atoms with Crippen LogP contribution in [0.1, 0.15) is 13.8 Å². The fraction of sp³-hybridized carbons (Fsp3) is 0.364. The molecule has 0 bridgehead atoms.